The van der Waals surface area contributed by atoms with Gasteiger partial charge in [-0.1, -0.05) is 58.8 Å². The van der Waals surface area contributed by atoms with Gasteiger partial charge in [-0.05, 0) is 12.2 Å². The lowest BCUT2D eigenvalue weighted by atomic mass is 10.1. The molecule has 0 fully saturated rings. The van der Waals surface area contributed by atoms with Crippen molar-refractivity contribution in [2.45, 2.75) is 70.5 Å². The van der Waals surface area contributed by atoms with E-state index in [2.05, 4.69) is 6.92 Å². The molecule has 0 aromatic rings. The van der Waals surface area contributed by atoms with Gasteiger partial charge in [-0.25, -0.2) is 0 Å². The first-order valence-corrected chi connectivity index (χ1v) is 7.61. The topological polar surface area (TPSA) is 37.3 Å². The highest BCUT2D eigenvalue weighted by atomic mass is 32.2. The molecule has 1 unspecified atom stereocenters. The molecule has 0 rings (SSSR count). The van der Waals surface area contributed by atoms with Gasteiger partial charge in [0.1, 0.15) is 5.25 Å². The molecule has 0 spiro atoms. The number of aliphatic carboxylic acids is 1. The van der Waals surface area contributed by atoms with Crippen molar-refractivity contribution in [3.8, 4) is 0 Å². The normalized spacial score (nSPS) is 12.6. The summed E-state index contributed by atoms with van der Waals surface area (Å²) in [5, 5.41) is 8.78. The molecule has 0 saturated heterocycles. The van der Waals surface area contributed by atoms with Crippen molar-refractivity contribution in [2.75, 3.05) is 5.75 Å². The maximum absolute atomic E-state index is 10.9. The quantitative estimate of drug-likeness (QED) is 0.551. The molecule has 0 aliphatic heterocycles. The summed E-state index contributed by atoms with van der Waals surface area (Å²) >= 11 is 1.56. The van der Waals surface area contributed by atoms with E-state index in [0.717, 1.165) is 18.6 Å². The number of carbonyl (C=O) groups is 1. The number of thioether (sulfide) groups is 1. The fourth-order valence-corrected chi connectivity index (χ4v) is 2.64. The van der Waals surface area contributed by atoms with Gasteiger partial charge in [0, 0.05) is 0 Å². The number of rotatable bonds is 11. The van der Waals surface area contributed by atoms with Crippen LogP contribution in [0.1, 0.15) is 65.2 Å². The average Bonchev–Trinajstić information content (AvgIpc) is 2.26. The molecule has 0 heterocycles. The molecule has 0 aromatic carbocycles. The molecule has 0 bridgehead atoms. The summed E-state index contributed by atoms with van der Waals surface area (Å²) in [5.41, 5.74) is 0. The second kappa shape index (κ2) is 11.3. The van der Waals surface area contributed by atoms with Gasteiger partial charge in [-0.15, -0.1) is 11.8 Å². The van der Waals surface area contributed by atoms with Gasteiger partial charge in [0.15, 0.2) is 0 Å². The average molecular weight is 246 g/mol. The predicted molar refractivity (Wildman–Crippen MR) is 72.2 cm³/mol. The molecule has 0 aliphatic rings. The highest BCUT2D eigenvalue weighted by Crippen LogP contribution is 2.18. The zero-order valence-corrected chi connectivity index (χ0v) is 11.5. The minimum absolute atomic E-state index is 0.180. The molecule has 96 valence electrons. The number of hydrogen-bond donors (Lipinski definition) is 1. The summed E-state index contributed by atoms with van der Waals surface area (Å²) < 4.78 is 0. The van der Waals surface area contributed by atoms with E-state index in [4.69, 9.17) is 5.11 Å². The summed E-state index contributed by atoms with van der Waals surface area (Å²) in [4.78, 5) is 10.9. The summed E-state index contributed by atoms with van der Waals surface area (Å²) in [7, 11) is 0. The molecule has 1 N–H and O–H groups in total. The molecule has 0 aliphatic carbocycles. The molecule has 16 heavy (non-hydrogen) atoms. The van der Waals surface area contributed by atoms with Crippen molar-refractivity contribution in [2.24, 2.45) is 0 Å². The first kappa shape index (κ1) is 15.8. The third-order valence-electron chi connectivity index (χ3n) is 2.71. The first-order valence-electron chi connectivity index (χ1n) is 6.56. The fraction of sp³-hybridized carbons (Fsp3) is 0.923. The molecular weight excluding hydrogens is 220 g/mol. The van der Waals surface area contributed by atoms with Crippen LogP contribution in [0.5, 0.6) is 0 Å². The Hall–Kier alpha value is -0.180. The molecule has 0 saturated carbocycles. The Morgan fingerprint density at radius 1 is 1.06 bits per heavy atom. The third-order valence-corrected chi connectivity index (χ3v) is 3.89. The highest BCUT2D eigenvalue weighted by molar-refractivity contribution is 8.00. The van der Waals surface area contributed by atoms with Crippen LogP contribution in [0.4, 0.5) is 0 Å². The van der Waals surface area contributed by atoms with Crippen LogP contribution >= 0.6 is 11.8 Å². The van der Waals surface area contributed by atoms with Gasteiger partial charge >= 0.3 is 5.97 Å². The molecule has 1 atom stereocenters. The van der Waals surface area contributed by atoms with Gasteiger partial charge in [0.25, 0.3) is 0 Å². The highest BCUT2D eigenvalue weighted by Gasteiger charge is 2.15. The van der Waals surface area contributed by atoms with E-state index >= 15 is 0 Å². The minimum Gasteiger partial charge on any atom is -0.480 e. The van der Waals surface area contributed by atoms with Crippen molar-refractivity contribution >= 4 is 17.7 Å². The van der Waals surface area contributed by atoms with E-state index < -0.39 is 5.97 Å². The van der Waals surface area contributed by atoms with Crippen molar-refractivity contribution in [1.82, 2.24) is 0 Å². The Labute approximate surface area is 104 Å². The van der Waals surface area contributed by atoms with E-state index in [-0.39, 0.29) is 5.25 Å². The van der Waals surface area contributed by atoms with Gasteiger partial charge in [-0.3, -0.25) is 4.79 Å². The Balaban J connectivity index is 3.37. The predicted octanol–water partition coefficient (Wildman–Crippen LogP) is 4.33. The summed E-state index contributed by atoms with van der Waals surface area (Å²) in [6.07, 6.45) is 9.63. The second-order valence-corrected chi connectivity index (χ2v) is 5.67. The lowest BCUT2D eigenvalue weighted by Crippen LogP contribution is -2.16. The van der Waals surface area contributed by atoms with Crippen molar-refractivity contribution in [3.05, 3.63) is 0 Å². The first-order chi connectivity index (χ1) is 7.72. The van der Waals surface area contributed by atoms with Crippen LogP contribution in [0.3, 0.4) is 0 Å². The van der Waals surface area contributed by atoms with Crippen LogP contribution in [0.15, 0.2) is 0 Å². The van der Waals surface area contributed by atoms with E-state index in [1.807, 2.05) is 6.92 Å². The SMILES string of the molecule is CCCCCCCCCC(SCC)C(=O)O. The van der Waals surface area contributed by atoms with Crippen LogP contribution < -0.4 is 0 Å². The Kier molecular flexibility index (Phi) is 11.2. The summed E-state index contributed by atoms with van der Waals surface area (Å²) in [6, 6.07) is 0. The number of hydrogen-bond acceptors (Lipinski definition) is 2. The van der Waals surface area contributed by atoms with Crippen molar-refractivity contribution in [3.63, 3.8) is 0 Å². The van der Waals surface area contributed by atoms with E-state index in [9.17, 15) is 4.79 Å². The Bertz CT molecular complexity index is 171. The minimum atomic E-state index is -0.641. The van der Waals surface area contributed by atoms with Gasteiger partial charge < -0.3 is 5.11 Å². The fourth-order valence-electron chi connectivity index (χ4n) is 1.77. The molecule has 2 nitrogen and oxygen atoms in total. The smallest absolute Gasteiger partial charge is 0.316 e. The second-order valence-electron chi connectivity index (χ2n) is 4.19. The maximum atomic E-state index is 10.9. The largest absolute Gasteiger partial charge is 0.480 e. The van der Waals surface area contributed by atoms with Crippen molar-refractivity contribution in [1.29, 1.82) is 0 Å². The lowest BCUT2D eigenvalue weighted by Gasteiger charge is -2.10. The van der Waals surface area contributed by atoms with Gasteiger partial charge in [0.2, 0.25) is 0 Å². The van der Waals surface area contributed by atoms with E-state index in [1.165, 1.54) is 38.5 Å². The zero-order chi connectivity index (χ0) is 12.2. The van der Waals surface area contributed by atoms with Gasteiger partial charge in [-0.2, -0.15) is 0 Å². The molecule has 0 aromatic heterocycles. The zero-order valence-electron chi connectivity index (χ0n) is 10.7. The van der Waals surface area contributed by atoms with Crippen LogP contribution in [0.25, 0.3) is 0 Å². The third kappa shape index (κ3) is 9.08. The van der Waals surface area contributed by atoms with Crippen LogP contribution in [0.2, 0.25) is 0 Å². The van der Waals surface area contributed by atoms with Crippen molar-refractivity contribution < 1.29 is 9.90 Å². The van der Waals surface area contributed by atoms with E-state index in [1.54, 1.807) is 11.8 Å². The summed E-state index contributed by atoms with van der Waals surface area (Å²) in [5.74, 6) is 0.255. The number of carboxylic acid groups (broad SMARTS) is 1. The standard InChI is InChI=1S/C13H26O2S/c1-3-5-6-7-8-9-10-11-12(13(14)15)16-4-2/h12H,3-11H2,1-2H3,(H,14,15). The monoisotopic (exact) mass is 246 g/mol. The van der Waals surface area contributed by atoms with Crippen LogP contribution in [-0.2, 0) is 4.79 Å². The molecular formula is C13H26O2S. The van der Waals surface area contributed by atoms with E-state index in [0.29, 0.717) is 0 Å². The Morgan fingerprint density at radius 2 is 1.62 bits per heavy atom. The molecule has 0 radical (unpaired) electrons. The maximum Gasteiger partial charge on any atom is 0.316 e. The summed E-state index contributed by atoms with van der Waals surface area (Å²) in [6.45, 7) is 4.24. The van der Waals surface area contributed by atoms with Crippen LogP contribution in [0, 0.1) is 0 Å². The molecule has 3 heteroatoms. The molecule has 0 amide bonds. The number of unbranched alkanes of at least 4 members (excludes halogenated alkanes) is 6. The lowest BCUT2D eigenvalue weighted by molar-refractivity contribution is -0.136. The van der Waals surface area contributed by atoms with Gasteiger partial charge in [0.05, 0.1) is 0 Å². The Morgan fingerprint density at radius 3 is 2.12 bits per heavy atom. The number of carboxylic acids is 1. The van der Waals surface area contributed by atoms with Crippen LogP contribution in [-0.4, -0.2) is 22.1 Å².